The molecule has 1 saturated carbocycles. The van der Waals surface area contributed by atoms with Crippen molar-refractivity contribution in [1.82, 2.24) is 5.32 Å². The zero-order valence-corrected chi connectivity index (χ0v) is 13.7. The van der Waals surface area contributed by atoms with Gasteiger partial charge in [-0.3, -0.25) is 4.79 Å². The average Bonchev–Trinajstić information content (AvgIpc) is 2.85. The summed E-state index contributed by atoms with van der Waals surface area (Å²) in [5.74, 6) is -0.504. The standard InChI is InChI=1S/C14H16Br2FNO/c15-8-14(5-1-2-6-14)9-18-13(19)11-4-3-10(17)7-12(11)16/h3-4,7H,1-2,5-6,8-9H2,(H,18,19). The van der Waals surface area contributed by atoms with Crippen molar-refractivity contribution in [3.05, 3.63) is 34.1 Å². The highest BCUT2D eigenvalue weighted by molar-refractivity contribution is 9.10. The third-order valence-electron chi connectivity index (χ3n) is 3.75. The van der Waals surface area contributed by atoms with Crippen LogP contribution in [0.15, 0.2) is 22.7 Å². The molecule has 0 aromatic heterocycles. The van der Waals surface area contributed by atoms with Gasteiger partial charge in [0.05, 0.1) is 5.56 Å². The Labute approximate surface area is 129 Å². The normalized spacial score (nSPS) is 17.4. The minimum atomic E-state index is -0.351. The van der Waals surface area contributed by atoms with Crippen molar-refractivity contribution in [2.24, 2.45) is 5.41 Å². The molecule has 2 rings (SSSR count). The number of rotatable bonds is 4. The highest BCUT2D eigenvalue weighted by atomic mass is 79.9. The Morgan fingerprint density at radius 2 is 2.05 bits per heavy atom. The van der Waals surface area contributed by atoms with Crippen LogP contribution in [0.25, 0.3) is 0 Å². The molecule has 0 radical (unpaired) electrons. The minimum Gasteiger partial charge on any atom is -0.351 e. The molecule has 0 spiro atoms. The van der Waals surface area contributed by atoms with Gasteiger partial charge in [-0.2, -0.15) is 0 Å². The Morgan fingerprint density at radius 1 is 1.37 bits per heavy atom. The average molecular weight is 393 g/mol. The van der Waals surface area contributed by atoms with E-state index in [2.05, 4.69) is 37.2 Å². The Kier molecular flexibility index (Phi) is 5.01. The van der Waals surface area contributed by atoms with E-state index in [4.69, 9.17) is 0 Å². The molecule has 2 nitrogen and oxygen atoms in total. The number of hydrogen-bond donors (Lipinski definition) is 1. The number of benzene rings is 1. The van der Waals surface area contributed by atoms with Gasteiger partial charge in [0, 0.05) is 16.3 Å². The maximum atomic E-state index is 13.0. The van der Waals surface area contributed by atoms with Crippen LogP contribution < -0.4 is 5.32 Å². The Morgan fingerprint density at radius 3 is 2.63 bits per heavy atom. The largest absolute Gasteiger partial charge is 0.351 e. The second-order valence-electron chi connectivity index (χ2n) is 5.15. The zero-order valence-electron chi connectivity index (χ0n) is 10.5. The van der Waals surface area contributed by atoms with Gasteiger partial charge in [0.15, 0.2) is 0 Å². The summed E-state index contributed by atoms with van der Waals surface area (Å²) in [6, 6.07) is 4.12. The molecule has 1 aromatic rings. The smallest absolute Gasteiger partial charge is 0.252 e. The van der Waals surface area contributed by atoms with Crippen molar-refractivity contribution >= 4 is 37.8 Å². The SMILES string of the molecule is O=C(NCC1(CBr)CCCC1)c1ccc(F)cc1Br. The minimum absolute atomic E-state index is 0.154. The first-order valence-electron chi connectivity index (χ1n) is 6.36. The topological polar surface area (TPSA) is 29.1 Å². The highest BCUT2D eigenvalue weighted by Gasteiger charge is 2.33. The molecule has 1 amide bonds. The first kappa shape index (κ1) is 15.0. The zero-order chi connectivity index (χ0) is 13.9. The summed E-state index contributed by atoms with van der Waals surface area (Å²) in [4.78, 5) is 12.1. The van der Waals surface area contributed by atoms with Crippen LogP contribution in [0.4, 0.5) is 4.39 Å². The van der Waals surface area contributed by atoms with Crippen molar-refractivity contribution in [3.63, 3.8) is 0 Å². The lowest BCUT2D eigenvalue weighted by Crippen LogP contribution is -2.37. The summed E-state index contributed by atoms with van der Waals surface area (Å²) < 4.78 is 13.5. The first-order valence-corrected chi connectivity index (χ1v) is 8.27. The molecule has 19 heavy (non-hydrogen) atoms. The van der Waals surface area contributed by atoms with Crippen molar-refractivity contribution in [1.29, 1.82) is 0 Å². The lowest BCUT2D eigenvalue weighted by molar-refractivity contribution is 0.0934. The summed E-state index contributed by atoms with van der Waals surface area (Å²) in [6.45, 7) is 0.668. The van der Waals surface area contributed by atoms with Gasteiger partial charge in [0.2, 0.25) is 0 Å². The van der Waals surface area contributed by atoms with Crippen LogP contribution in [0.1, 0.15) is 36.0 Å². The third kappa shape index (κ3) is 3.57. The number of carbonyl (C=O) groups excluding carboxylic acids is 1. The molecule has 104 valence electrons. The maximum absolute atomic E-state index is 13.0. The molecule has 1 aromatic carbocycles. The molecular formula is C14H16Br2FNO. The van der Waals surface area contributed by atoms with E-state index in [1.807, 2.05) is 0 Å². The van der Waals surface area contributed by atoms with E-state index >= 15 is 0 Å². The molecule has 0 saturated heterocycles. The van der Waals surface area contributed by atoms with Crippen LogP contribution in [0, 0.1) is 11.2 Å². The van der Waals surface area contributed by atoms with Crippen molar-refractivity contribution < 1.29 is 9.18 Å². The van der Waals surface area contributed by atoms with Gasteiger partial charge in [-0.15, -0.1) is 0 Å². The fourth-order valence-electron chi connectivity index (χ4n) is 2.52. The molecule has 1 aliphatic rings. The molecule has 1 aliphatic carbocycles. The lowest BCUT2D eigenvalue weighted by Gasteiger charge is -2.26. The Balaban J connectivity index is 2.01. The van der Waals surface area contributed by atoms with Gasteiger partial charge in [0.1, 0.15) is 5.82 Å². The third-order valence-corrected chi connectivity index (χ3v) is 5.59. The van der Waals surface area contributed by atoms with E-state index in [1.54, 1.807) is 0 Å². The van der Waals surface area contributed by atoms with Crippen molar-refractivity contribution in [2.75, 3.05) is 11.9 Å². The number of carbonyl (C=O) groups is 1. The number of halogens is 3. The van der Waals surface area contributed by atoms with E-state index in [0.29, 0.717) is 16.6 Å². The van der Waals surface area contributed by atoms with Crippen LogP contribution in [0.5, 0.6) is 0 Å². The molecule has 0 aliphatic heterocycles. The molecule has 5 heteroatoms. The maximum Gasteiger partial charge on any atom is 0.252 e. The van der Waals surface area contributed by atoms with E-state index in [9.17, 15) is 9.18 Å². The number of alkyl halides is 1. The molecular weight excluding hydrogens is 377 g/mol. The predicted octanol–water partition coefficient (Wildman–Crippen LogP) is 4.27. The number of nitrogens with one attached hydrogen (secondary N) is 1. The summed E-state index contributed by atoms with van der Waals surface area (Å²) in [6.07, 6.45) is 4.73. The lowest BCUT2D eigenvalue weighted by atomic mass is 9.89. The number of amides is 1. The molecule has 1 N–H and O–H groups in total. The van der Waals surface area contributed by atoms with Crippen molar-refractivity contribution in [3.8, 4) is 0 Å². The van der Waals surface area contributed by atoms with Crippen LogP contribution in [-0.4, -0.2) is 17.8 Å². The molecule has 0 atom stereocenters. The first-order chi connectivity index (χ1) is 9.06. The predicted molar refractivity (Wildman–Crippen MR) is 81.1 cm³/mol. The fourth-order valence-corrected chi connectivity index (χ4v) is 3.81. The summed E-state index contributed by atoms with van der Waals surface area (Å²) in [5.41, 5.74) is 0.659. The monoisotopic (exact) mass is 391 g/mol. The van der Waals surface area contributed by atoms with Gasteiger partial charge < -0.3 is 5.32 Å². The van der Waals surface area contributed by atoms with E-state index in [1.165, 1.54) is 31.0 Å². The van der Waals surface area contributed by atoms with Crippen LogP contribution in [0.2, 0.25) is 0 Å². The molecule has 0 unspecified atom stereocenters. The Hall–Kier alpha value is -0.420. The van der Waals surface area contributed by atoms with Gasteiger partial charge in [-0.25, -0.2) is 4.39 Å². The highest BCUT2D eigenvalue weighted by Crippen LogP contribution is 2.39. The van der Waals surface area contributed by atoms with Gasteiger partial charge in [-0.1, -0.05) is 28.8 Å². The van der Waals surface area contributed by atoms with Gasteiger partial charge in [0.25, 0.3) is 5.91 Å². The Bertz CT molecular complexity index is 473. The van der Waals surface area contributed by atoms with E-state index < -0.39 is 0 Å². The second kappa shape index (κ2) is 6.35. The van der Waals surface area contributed by atoms with Crippen LogP contribution in [-0.2, 0) is 0 Å². The van der Waals surface area contributed by atoms with Gasteiger partial charge in [-0.05, 0) is 52.4 Å². The van der Waals surface area contributed by atoms with Crippen molar-refractivity contribution in [2.45, 2.75) is 25.7 Å². The van der Waals surface area contributed by atoms with E-state index in [-0.39, 0.29) is 17.1 Å². The summed E-state index contributed by atoms with van der Waals surface area (Å²) >= 11 is 6.78. The summed E-state index contributed by atoms with van der Waals surface area (Å²) in [7, 11) is 0. The number of hydrogen-bond acceptors (Lipinski definition) is 1. The van der Waals surface area contributed by atoms with Crippen LogP contribution >= 0.6 is 31.9 Å². The van der Waals surface area contributed by atoms with Gasteiger partial charge >= 0.3 is 0 Å². The quantitative estimate of drug-likeness (QED) is 0.761. The molecule has 0 bridgehead atoms. The molecule has 0 heterocycles. The second-order valence-corrected chi connectivity index (χ2v) is 6.56. The molecule has 1 fully saturated rings. The van der Waals surface area contributed by atoms with E-state index in [0.717, 1.165) is 18.2 Å². The fraction of sp³-hybridized carbons (Fsp3) is 0.500. The summed E-state index contributed by atoms with van der Waals surface area (Å²) in [5, 5.41) is 3.88. The van der Waals surface area contributed by atoms with Crippen LogP contribution in [0.3, 0.4) is 0 Å².